The van der Waals surface area contributed by atoms with Crippen LogP contribution in [0.15, 0.2) is 24.3 Å². The predicted molar refractivity (Wildman–Crippen MR) is 74.9 cm³/mol. The van der Waals surface area contributed by atoms with E-state index in [-0.39, 0.29) is 12.1 Å². The van der Waals surface area contributed by atoms with Crippen molar-refractivity contribution in [1.82, 2.24) is 4.90 Å². The van der Waals surface area contributed by atoms with Crippen LogP contribution in [0.4, 0.5) is 0 Å². The molecule has 2 rings (SSSR count). The summed E-state index contributed by atoms with van der Waals surface area (Å²) in [6, 6.07) is 8.17. The van der Waals surface area contributed by atoms with Gasteiger partial charge >= 0.3 is 0 Å². The summed E-state index contributed by atoms with van der Waals surface area (Å²) < 4.78 is 5.80. The monoisotopic (exact) mass is 268 g/mol. The molecule has 1 aliphatic heterocycles. The highest BCUT2D eigenvalue weighted by atomic mass is 35.5. The first-order valence-corrected chi connectivity index (χ1v) is 6.95. The summed E-state index contributed by atoms with van der Waals surface area (Å²) in [6.45, 7) is 5.46. The number of hydrogen-bond donors (Lipinski definition) is 1. The molecule has 1 aromatic rings. The van der Waals surface area contributed by atoms with Crippen LogP contribution in [0, 0.1) is 0 Å². The number of nitrogens with two attached hydrogens (primary N) is 1. The van der Waals surface area contributed by atoms with Crippen molar-refractivity contribution >= 4 is 11.6 Å². The second-order valence-electron chi connectivity index (χ2n) is 4.65. The maximum Gasteiger partial charge on any atom is 0.0894 e. The average molecular weight is 269 g/mol. The number of rotatable bonds is 4. The molecule has 1 aromatic carbocycles. The SMILES string of the molecule is CCCN1CCOC(CN)C1c1ccccc1Cl. The van der Waals surface area contributed by atoms with E-state index in [9.17, 15) is 0 Å². The molecular weight excluding hydrogens is 248 g/mol. The van der Waals surface area contributed by atoms with Crippen LogP contribution in [-0.2, 0) is 4.74 Å². The van der Waals surface area contributed by atoms with Gasteiger partial charge in [-0.1, -0.05) is 36.7 Å². The Hall–Kier alpha value is -0.610. The molecule has 1 heterocycles. The van der Waals surface area contributed by atoms with Crippen molar-refractivity contribution in [3.05, 3.63) is 34.9 Å². The van der Waals surface area contributed by atoms with Crippen LogP contribution in [0.5, 0.6) is 0 Å². The van der Waals surface area contributed by atoms with Crippen molar-refractivity contribution in [3.63, 3.8) is 0 Å². The molecule has 0 amide bonds. The molecular formula is C14H21ClN2O. The molecule has 0 aromatic heterocycles. The van der Waals surface area contributed by atoms with E-state index in [1.165, 1.54) is 0 Å². The van der Waals surface area contributed by atoms with Gasteiger partial charge in [0.1, 0.15) is 0 Å². The molecule has 0 aliphatic carbocycles. The van der Waals surface area contributed by atoms with E-state index in [0.29, 0.717) is 6.54 Å². The van der Waals surface area contributed by atoms with Crippen LogP contribution in [0.2, 0.25) is 5.02 Å². The number of benzene rings is 1. The van der Waals surface area contributed by atoms with Crippen molar-refractivity contribution < 1.29 is 4.74 Å². The van der Waals surface area contributed by atoms with Gasteiger partial charge in [-0.15, -0.1) is 0 Å². The molecule has 0 saturated carbocycles. The molecule has 2 N–H and O–H groups in total. The molecule has 3 nitrogen and oxygen atoms in total. The van der Waals surface area contributed by atoms with E-state index < -0.39 is 0 Å². The van der Waals surface area contributed by atoms with E-state index in [1.807, 2.05) is 18.2 Å². The summed E-state index contributed by atoms with van der Waals surface area (Å²) >= 11 is 6.32. The Balaban J connectivity index is 2.30. The minimum absolute atomic E-state index is 0.0326. The third kappa shape index (κ3) is 2.86. The minimum atomic E-state index is 0.0326. The van der Waals surface area contributed by atoms with Crippen LogP contribution in [0.25, 0.3) is 0 Å². The van der Waals surface area contributed by atoms with Crippen LogP contribution in [0.3, 0.4) is 0 Å². The van der Waals surface area contributed by atoms with Crippen molar-refractivity contribution in [2.75, 3.05) is 26.2 Å². The summed E-state index contributed by atoms with van der Waals surface area (Å²) in [5.41, 5.74) is 6.97. The van der Waals surface area contributed by atoms with Crippen molar-refractivity contribution in [3.8, 4) is 0 Å². The second-order valence-corrected chi connectivity index (χ2v) is 5.05. The highest BCUT2D eigenvalue weighted by Gasteiger charge is 2.33. The Morgan fingerprint density at radius 1 is 1.44 bits per heavy atom. The first-order valence-electron chi connectivity index (χ1n) is 6.58. The molecule has 0 bridgehead atoms. The van der Waals surface area contributed by atoms with E-state index >= 15 is 0 Å². The normalized spacial score (nSPS) is 25.3. The Morgan fingerprint density at radius 2 is 2.22 bits per heavy atom. The number of nitrogens with zero attached hydrogens (tertiary/aromatic N) is 1. The molecule has 1 saturated heterocycles. The molecule has 4 heteroatoms. The van der Waals surface area contributed by atoms with Gasteiger partial charge in [0, 0.05) is 18.1 Å². The van der Waals surface area contributed by atoms with Crippen LogP contribution in [0.1, 0.15) is 24.9 Å². The van der Waals surface area contributed by atoms with Crippen molar-refractivity contribution in [2.45, 2.75) is 25.5 Å². The summed E-state index contributed by atoms with van der Waals surface area (Å²) in [4.78, 5) is 2.43. The van der Waals surface area contributed by atoms with E-state index in [4.69, 9.17) is 22.1 Å². The first-order chi connectivity index (χ1) is 8.77. The fourth-order valence-corrected chi connectivity index (χ4v) is 2.88. The number of morpholine rings is 1. The van der Waals surface area contributed by atoms with Gasteiger partial charge in [0.05, 0.1) is 18.8 Å². The molecule has 2 atom stereocenters. The Morgan fingerprint density at radius 3 is 2.89 bits per heavy atom. The third-order valence-corrected chi connectivity index (χ3v) is 3.77. The van der Waals surface area contributed by atoms with Crippen LogP contribution in [-0.4, -0.2) is 37.2 Å². The van der Waals surface area contributed by atoms with Gasteiger partial charge in [0.2, 0.25) is 0 Å². The Labute approximate surface area is 114 Å². The molecule has 0 spiro atoms. The number of hydrogen-bond acceptors (Lipinski definition) is 3. The van der Waals surface area contributed by atoms with E-state index in [2.05, 4.69) is 17.9 Å². The molecule has 2 unspecified atom stereocenters. The summed E-state index contributed by atoms with van der Waals surface area (Å²) in [5.74, 6) is 0. The standard InChI is InChI=1S/C14H21ClN2O/c1-2-7-17-8-9-18-13(10-16)14(17)11-5-3-4-6-12(11)15/h3-6,13-14H,2,7-10,16H2,1H3. The zero-order valence-corrected chi connectivity index (χ0v) is 11.6. The maximum absolute atomic E-state index is 6.32. The van der Waals surface area contributed by atoms with Gasteiger partial charge in [-0.05, 0) is 24.6 Å². The van der Waals surface area contributed by atoms with Gasteiger partial charge in [0.25, 0.3) is 0 Å². The lowest BCUT2D eigenvalue weighted by Crippen LogP contribution is -2.48. The highest BCUT2D eigenvalue weighted by Crippen LogP contribution is 2.33. The largest absolute Gasteiger partial charge is 0.374 e. The number of ether oxygens (including phenoxy) is 1. The molecule has 0 radical (unpaired) electrons. The Bertz CT molecular complexity index is 384. The van der Waals surface area contributed by atoms with Crippen LogP contribution < -0.4 is 5.73 Å². The molecule has 1 fully saturated rings. The minimum Gasteiger partial charge on any atom is -0.374 e. The summed E-state index contributed by atoms with van der Waals surface area (Å²) in [5, 5.41) is 0.799. The highest BCUT2D eigenvalue weighted by molar-refractivity contribution is 6.31. The molecule has 1 aliphatic rings. The predicted octanol–water partition coefficient (Wildman–Crippen LogP) is 2.45. The van der Waals surface area contributed by atoms with E-state index in [1.54, 1.807) is 0 Å². The lowest BCUT2D eigenvalue weighted by Gasteiger charge is -2.41. The first kappa shape index (κ1) is 13.8. The maximum atomic E-state index is 6.32. The molecule has 18 heavy (non-hydrogen) atoms. The molecule has 100 valence electrons. The van der Waals surface area contributed by atoms with Gasteiger partial charge in [-0.25, -0.2) is 0 Å². The lowest BCUT2D eigenvalue weighted by atomic mass is 9.97. The lowest BCUT2D eigenvalue weighted by molar-refractivity contribution is -0.0676. The smallest absolute Gasteiger partial charge is 0.0894 e. The fraction of sp³-hybridized carbons (Fsp3) is 0.571. The topological polar surface area (TPSA) is 38.5 Å². The van der Waals surface area contributed by atoms with Gasteiger partial charge in [-0.3, -0.25) is 4.90 Å². The zero-order valence-electron chi connectivity index (χ0n) is 10.8. The second kappa shape index (κ2) is 6.53. The fourth-order valence-electron chi connectivity index (χ4n) is 2.63. The number of halogens is 1. The van der Waals surface area contributed by atoms with Gasteiger partial charge in [0.15, 0.2) is 0 Å². The Kier molecular flexibility index (Phi) is 5.01. The quantitative estimate of drug-likeness (QED) is 0.912. The van der Waals surface area contributed by atoms with Gasteiger partial charge < -0.3 is 10.5 Å². The summed E-state index contributed by atoms with van der Waals surface area (Å²) in [6.07, 6.45) is 1.16. The van der Waals surface area contributed by atoms with Crippen LogP contribution >= 0.6 is 11.6 Å². The summed E-state index contributed by atoms with van der Waals surface area (Å²) in [7, 11) is 0. The third-order valence-electron chi connectivity index (χ3n) is 3.42. The van der Waals surface area contributed by atoms with E-state index in [0.717, 1.165) is 36.7 Å². The average Bonchev–Trinajstić information content (AvgIpc) is 2.40. The van der Waals surface area contributed by atoms with Gasteiger partial charge in [-0.2, -0.15) is 0 Å². The zero-order chi connectivity index (χ0) is 13.0. The van der Waals surface area contributed by atoms with Crippen molar-refractivity contribution in [2.24, 2.45) is 5.73 Å². The van der Waals surface area contributed by atoms with Crippen molar-refractivity contribution in [1.29, 1.82) is 0 Å².